The Morgan fingerprint density at radius 3 is 2.00 bits per heavy atom. The highest BCUT2D eigenvalue weighted by Crippen LogP contribution is 2.23. The van der Waals surface area contributed by atoms with Crippen molar-refractivity contribution >= 4 is 0 Å². The van der Waals surface area contributed by atoms with Crippen molar-refractivity contribution in [1.29, 1.82) is 0 Å². The molecule has 0 nitrogen and oxygen atoms in total. The molecule has 0 saturated heterocycles. The summed E-state index contributed by atoms with van der Waals surface area (Å²) >= 11 is 0. The lowest BCUT2D eigenvalue weighted by atomic mass is 10.0. The Labute approximate surface area is 89.4 Å². The van der Waals surface area contributed by atoms with Crippen molar-refractivity contribution in [2.75, 3.05) is 0 Å². The van der Waals surface area contributed by atoms with E-state index in [1.165, 1.54) is 5.56 Å². The van der Waals surface area contributed by atoms with Crippen LogP contribution in [-0.2, 0) is 0 Å². The Kier molecular flexibility index (Phi) is 2.55. The molecule has 15 heavy (non-hydrogen) atoms. The van der Waals surface area contributed by atoms with Crippen LogP contribution in [0, 0.1) is 19.7 Å². The largest absolute Gasteiger partial charge is 0.206 e. The summed E-state index contributed by atoms with van der Waals surface area (Å²) in [6.45, 7) is 3.91. The van der Waals surface area contributed by atoms with Crippen LogP contribution in [0.5, 0.6) is 0 Å². The van der Waals surface area contributed by atoms with Gasteiger partial charge in [0, 0.05) is 5.56 Å². The van der Waals surface area contributed by atoms with Gasteiger partial charge in [0.2, 0.25) is 0 Å². The minimum Gasteiger partial charge on any atom is -0.206 e. The normalized spacial score (nSPS) is 10.3. The number of hydrogen-bond donors (Lipinski definition) is 0. The molecule has 0 bridgehead atoms. The molecule has 0 heterocycles. The van der Waals surface area contributed by atoms with E-state index < -0.39 is 0 Å². The zero-order valence-corrected chi connectivity index (χ0v) is 8.92. The molecule has 2 aromatic rings. The van der Waals surface area contributed by atoms with Crippen molar-refractivity contribution in [2.24, 2.45) is 0 Å². The van der Waals surface area contributed by atoms with Crippen LogP contribution in [0.4, 0.5) is 4.39 Å². The van der Waals surface area contributed by atoms with E-state index in [-0.39, 0.29) is 5.82 Å². The third kappa shape index (κ3) is 2.07. The molecule has 0 aliphatic heterocycles. The summed E-state index contributed by atoms with van der Waals surface area (Å²) in [7, 11) is 0. The first kappa shape index (κ1) is 9.91. The summed E-state index contributed by atoms with van der Waals surface area (Å²) < 4.78 is 13.6. The molecule has 0 amide bonds. The van der Waals surface area contributed by atoms with Crippen LogP contribution in [-0.4, -0.2) is 0 Å². The van der Waals surface area contributed by atoms with Crippen LogP contribution in [0.2, 0.25) is 0 Å². The molecule has 0 fully saturated rings. The molecule has 0 radical (unpaired) electrons. The van der Waals surface area contributed by atoms with Gasteiger partial charge < -0.3 is 0 Å². The lowest BCUT2D eigenvalue weighted by Crippen LogP contribution is -1.85. The fourth-order valence-corrected chi connectivity index (χ4v) is 1.59. The summed E-state index contributed by atoms with van der Waals surface area (Å²) in [5.41, 5.74) is 3.73. The Morgan fingerprint density at radius 1 is 0.800 bits per heavy atom. The third-order valence-electron chi connectivity index (χ3n) is 2.49. The molecule has 0 aliphatic carbocycles. The Balaban J connectivity index is 2.49. The van der Waals surface area contributed by atoms with E-state index >= 15 is 0 Å². The zero-order valence-electron chi connectivity index (χ0n) is 8.92. The topological polar surface area (TPSA) is 0 Å². The van der Waals surface area contributed by atoms with Crippen LogP contribution in [0.15, 0.2) is 42.5 Å². The maximum absolute atomic E-state index is 13.6. The Bertz CT molecular complexity index is 469. The molecule has 0 aromatic heterocycles. The Morgan fingerprint density at radius 2 is 1.40 bits per heavy atom. The predicted octanol–water partition coefficient (Wildman–Crippen LogP) is 4.11. The van der Waals surface area contributed by atoms with Gasteiger partial charge in [0.05, 0.1) is 0 Å². The SMILES string of the molecule is Cc1ccc(-c2ccc(C)cc2F)cc1. The van der Waals surface area contributed by atoms with Crippen molar-refractivity contribution in [3.63, 3.8) is 0 Å². The molecule has 76 valence electrons. The minimum atomic E-state index is -0.154. The average Bonchev–Trinajstić information content (AvgIpc) is 2.20. The minimum absolute atomic E-state index is 0.154. The molecule has 0 unspecified atom stereocenters. The molecular formula is C14H13F. The van der Waals surface area contributed by atoms with E-state index in [0.29, 0.717) is 5.56 Å². The summed E-state index contributed by atoms with van der Waals surface area (Å²) in [5.74, 6) is -0.154. The quantitative estimate of drug-likeness (QED) is 0.649. The summed E-state index contributed by atoms with van der Waals surface area (Å²) in [4.78, 5) is 0. The predicted molar refractivity (Wildman–Crippen MR) is 61.3 cm³/mol. The fraction of sp³-hybridized carbons (Fsp3) is 0.143. The number of halogens is 1. The van der Waals surface area contributed by atoms with Crippen LogP contribution in [0.25, 0.3) is 11.1 Å². The summed E-state index contributed by atoms with van der Waals surface area (Å²) in [6.07, 6.45) is 0. The van der Waals surface area contributed by atoms with Gasteiger partial charge in [-0.2, -0.15) is 0 Å². The van der Waals surface area contributed by atoms with Crippen molar-refractivity contribution in [3.05, 3.63) is 59.4 Å². The fourth-order valence-electron chi connectivity index (χ4n) is 1.59. The van der Waals surface area contributed by atoms with Gasteiger partial charge in [0.1, 0.15) is 5.82 Å². The number of benzene rings is 2. The summed E-state index contributed by atoms with van der Waals surface area (Å²) in [6, 6.07) is 13.2. The first-order chi connectivity index (χ1) is 7.16. The van der Waals surface area contributed by atoms with Gasteiger partial charge in [-0.05, 0) is 31.0 Å². The monoisotopic (exact) mass is 200 g/mol. The highest BCUT2D eigenvalue weighted by molar-refractivity contribution is 5.64. The Hall–Kier alpha value is -1.63. The van der Waals surface area contributed by atoms with E-state index in [1.54, 1.807) is 6.07 Å². The van der Waals surface area contributed by atoms with Gasteiger partial charge in [-0.25, -0.2) is 4.39 Å². The highest BCUT2D eigenvalue weighted by atomic mass is 19.1. The maximum atomic E-state index is 13.6. The van der Waals surface area contributed by atoms with E-state index in [4.69, 9.17) is 0 Å². The molecule has 0 N–H and O–H groups in total. The van der Waals surface area contributed by atoms with Gasteiger partial charge in [-0.15, -0.1) is 0 Å². The van der Waals surface area contributed by atoms with Crippen LogP contribution < -0.4 is 0 Å². The van der Waals surface area contributed by atoms with Crippen molar-refractivity contribution in [2.45, 2.75) is 13.8 Å². The van der Waals surface area contributed by atoms with Crippen LogP contribution >= 0.6 is 0 Å². The first-order valence-electron chi connectivity index (χ1n) is 5.00. The smallest absolute Gasteiger partial charge is 0.131 e. The number of rotatable bonds is 1. The second-order valence-corrected chi connectivity index (χ2v) is 3.85. The molecule has 1 heteroatoms. The van der Waals surface area contributed by atoms with Gasteiger partial charge >= 0.3 is 0 Å². The molecule has 0 atom stereocenters. The molecule has 2 aromatic carbocycles. The molecule has 0 saturated carbocycles. The second-order valence-electron chi connectivity index (χ2n) is 3.85. The number of aryl methyl sites for hydroxylation is 2. The first-order valence-corrected chi connectivity index (χ1v) is 5.00. The van der Waals surface area contributed by atoms with E-state index in [9.17, 15) is 4.39 Å². The standard InChI is InChI=1S/C14H13F/c1-10-3-6-12(7-4-10)13-8-5-11(2)9-14(13)15/h3-9H,1-2H3. The van der Waals surface area contributed by atoms with Crippen LogP contribution in [0.3, 0.4) is 0 Å². The van der Waals surface area contributed by atoms with Crippen molar-refractivity contribution < 1.29 is 4.39 Å². The van der Waals surface area contributed by atoms with Crippen LogP contribution in [0.1, 0.15) is 11.1 Å². The molecule has 0 spiro atoms. The highest BCUT2D eigenvalue weighted by Gasteiger charge is 2.03. The lowest BCUT2D eigenvalue weighted by Gasteiger charge is -2.04. The second kappa shape index (κ2) is 3.85. The third-order valence-corrected chi connectivity index (χ3v) is 2.49. The van der Waals surface area contributed by atoms with E-state index in [1.807, 2.05) is 50.2 Å². The van der Waals surface area contributed by atoms with Crippen molar-refractivity contribution in [3.8, 4) is 11.1 Å². The van der Waals surface area contributed by atoms with Gasteiger partial charge in [-0.3, -0.25) is 0 Å². The zero-order chi connectivity index (χ0) is 10.8. The summed E-state index contributed by atoms with van der Waals surface area (Å²) in [5, 5.41) is 0. The average molecular weight is 200 g/mol. The van der Waals surface area contributed by atoms with E-state index in [2.05, 4.69) is 0 Å². The van der Waals surface area contributed by atoms with Gasteiger partial charge in [0.15, 0.2) is 0 Å². The maximum Gasteiger partial charge on any atom is 0.131 e. The molecule has 0 aliphatic rings. The number of hydrogen-bond acceptors (Lipinski definition) is 0. The molecule has 2 rings (SSSR count). The van der Waals surface area contributed by atoms with Crippen molar-refractivity contribution in [1.82, 2.24) is 0 Å². The lowest BCUT2D eigenvalue weighted by molar-refractivity contribution is 0.630. The van der Waals surface area contributed by atoms with Gasteiger partial charge in [-0.1, -0.05) is 42.0 Å². The van der Waals surface area contributed by atoms with Gasteiger partial charge in [0.25, 0.3) is 0 Å². The van der Waals surface area contributed by atoms with E-state index in [0.717, 1.165) is 11.1 Å². The molecular weight excluding hydrogens is 187 g/mol.